The number of likely N-dealkylation sites (N-methyl/N-ethyl adjacent to an activating group) is 1. The van der Waals surface area contributed by atoms with Crippen LogP contribution < -0.4 is 5.32 Å². The first kappa shape index (κ1) is 8.53. The van der Waals surface area contributed by atoms with Gasteiger partial charge in [0, 0.05) is 18.6 Å². The Morgan fingerprint density at radius 3 is 2.91 bits per heavy atom. The van der Waals surface area contributed by atoms with Crippen molar-refractivity contribution in [3.63, 3.8) is 0 Å². The molecule has 3 nitrogen and oxygen atoms in total. The zero-order chi connectivity index (χ0) is 8.32. The van der Waals surface area contributed by atoms with Crippen molar-refractivity contribution in [2.75, 3.05) is 20.1 Å². The normalized spacial score (nSPS) is 32.0. The van der Waals surface area contributed by atoms with E-state index in [1.54, 1.807) is 0 Å². The molecule has 3 heteroatoms. The largest absolute Gasteiger partial charge is 0.343 e. The van der Waals surface area contributed by atoms with E-state index in [2.05, 4.69) is 12.2 Å². The lowest BCUT2D eigenvalue weighted by molar-refractivity contribution is -0.120. The van der Waals surface area contributed by atoms with E-state index < -0.39 is 0 Å². The average Bonchev–Trinajstić information content (AvgIpc) is 2.05. The molecule has 1 saturated heterocycles. The highest BCUT2D eigenvalue weighted by Crippen LogP contribution is 2.18. The van der Waals surface area contributed by atoms with Crippen LogP contribution in [0, 0.1) is 0 Å². The summed E-state index contributed by atoms with van der Waals surface area (Å²) in [6.45, 7) is 3.91. The second kappa shape index (κ2) is 3.22. The monoisotopic (exact) mass is 156 g/mol. The topological polar surface area (TPSA) is 32.3 Å². The number of hydrogen-bond donors (Lipinski definition) is 1. The van der Waals surface area contributed by atoms with Crippen LogP contribution in [0.4, 0.5) is 0 Å². The molecule has 64 valence electrons. The van der Waals surface area contributed by atoms with Crippen LogP contribution in [0.2, 0.25) is 0 Å². The molecule has 0 aliphatic carbocycles. The number of amides is 1. The predicted molar refractivity (Wildman–Crippen MR) is 44.3 cm³/mol. The van der Waals surface area contributed by atoms with Gasteiger partial charge in [-0.05, 0) is 26.8 Å². The van der Waals surface area contributed by atoms with Crippen LogP contribution >= 0.6 is 0 Å². The van der Waals surface area contributed by atoms with Crippen molar-refractivity contribution in [1.82, 2.24) is 10.2 Å². The number of likely N-dealkylation sites (tertiary alicyclic amines) is 1. The lowest BCUT2D eigenvalue weighted by atomic mass is 9.92. The molecule has 1 aliphatic rings. The third-order valence-corrected chi connectivity index (χ3v) is 2.48. The predicted octanol–water partition coefficient (Wildman–Crippen LogP) is 0.217. The van der Waals surface area contributed by atoms with Gasteiger partial charge in [-0.15, -0.1) is 0 Å². The Kier molecular flexibility index (Phi) is 2.49. The second-order valence-electron chi connectivity index (χ2n) is 3.49. The highest BCUT2D eigenvalue weighted by Gasteiger charge is 2.28. The molecular formula is C8H16N2O. The van der Waals surface area contributed by atoms with Gasteiger partial charge in [-0.2, -0.15) is 0 Å². The first-order valence-electron chi connectivity index (χ1n) is 4.08. The number of nitrogens with zero attached hydrogens (tertiary/aromatic N) is 1. The van der Waals surface area contributed by atoms with E-state index in [0.717, 1.165) is 32.3 Å². The van der Waals surface area contributed by atoms with Gasteiger partial charge >= 0.3 is 0 Å². The molecule has 0 aromatic carbocycles. The number of rotatable bonds is 2. The van der Waals surface area contributed by atoms with Gasteiger partial charge in [0.15, 0.2) is 0 Å². The van der Waals surface area contributed by atoms with Crippen molar-refractivity contribution >= 4 is 6.41 Å². The Morgan fingerprint density at radius 2 is 2.36 bits per heavy atom. The molecule has 0 radical (unpaired) electrons. The van der Waals surface area contributed by atoms with Crippen molar-refractivity contribution in [2.24, 2.45) is 0 Å². The maximum atomic E-state index is 10.5. The molecule has 11 heavy (non-hydrogen) atoms. The lowest BCUT2D eigenvalue weighted by Gasteiger charge is -2.38. The van der Waals surface area contributed by atoms with Crippen LogP contribution in [0.5, 0.6) is 0 Å². The Hall–Kier alpha value is -0.570. The van der Waals surface area contributed by atoms with Crippen molar-refractivity contribution in [1.29, 1.82) is 0 Å². The Morgan fingerprint density at radius 1 is 1.64 bits per heavy atom. The molecule has 1 aliphatic heterocycles. The van der Waals surface area contributed by atoms with Crippen LogP contribution in [0.3, 0.4) is 0 Å². The van der Waals surface area contributed by atoms with Crippen LogP contribution in [-0.4, -0.2) is 37.0 Å². The van der Waals surface area contributed by atoms with Gasteiger partial charge < -0.3 is 10.2 Å². The van der Waals surface area contributed by atoms with E-state index in [0.29, 0.717) is 0 Å². The van der Waals surface area contributed by atoms with Gasteiger partial charge in [0.05, 0.1) is 0 Å². The van der Waals surface area contributed by atoms with E-state index >= 15 is 0 Å². The van der Waals surface area contributed by atoms with Crippen LogP contribution in [-0.2, 0) is 4.79 Å². The number of nitrogens with one attached hydrogen (secondary N) is 1. The summed E-state index contributed by atoms with van der Waals surface area (Å²) < 4.78 is 0. The van der Waals surface area contributed by atoms with E-state index in [1.165, 1.54) is 0 Å². The fourth-order valence-corrected chi connectivity index (χ4v) is 1.57. The molecule has 1 unspecified atom stereocenters. The smallest absolute Gasteiger partial charge is 0.209 e. The summed E-state index contributed by atoms with van der Waals surface area (Å²) in [6, 6.07) is 0. The summed E-state index contributed by atoms with van der Waals surface area (Å²) in [6.07, 6.45) is 3.21. The fourth-order valence-electron chi connectivity index (χ4n) is 1.57. The van der Waals surface area contributed by atoms with E-state index in [-0.39, 0.29) is 5.54 Å². The molecule has 1 N–H and O–H groups in total. The summed E-state index contributed by atoms with van der Waals surface area (Å²) in [5.41, 5.74) is 0.138. The van der Waals surface area contributed by atoms with Crippen molar-refractivity contribution in [2.45, 2.75) is 25.3 Å². The van der Waals surface area contributed by atoms with Crippen LogP contribution in [0.15, 0.2) is 0 Å². The van der Waals surface area contributed by atoms with Gasteiger partial charge in [-0.3, -0.25) is 4.79 Å². The number of carbonyl (C=O) groups excluding carboxylic acids is 1. The van der Waals surface area contributed by atoms with Crippen LogP contribution in [0.1, 0.15) is 19.8 Å². The van der Waals surface area contributed by atoms with Gasteiger partial charge in [0.25, 0.3) is 0 Å². The number of piperidine rings is 1. The van der Waals surface area contributed by atoms with Gasteiger partial charge in [-0.25, -0.2) is 0 Å². The first-order chi connectivity index (χ1) is 5.20. The SMILES string of the molecule is CNC1(C)CCCN(C=O)C1. The minimum absolute atomic E-state index is 0.138. The Balaban J connectivity index is 2.51. The zero-order valence-corrected chi connectivity index (χ0v) is 7.26. The maximum absolute atomic E-state index is 10.5. The average molecular weight is 156 g/mol. The summed E-state index contributed by atoms with van der Waals surface area (Å²) in [4.78, 5) is 12.3. The van der Waals surface area contributed by atoms with Crippen molar-refractivity contribution in [3.05, 3.63) is 0 Å². The highest BCUT2D eigenvalue weighted by atomic mass is 16.1. The van der Waals surface area contributed by atoms with Gasteiger partial charge in [0.1, 0.15) is 0 Å². The fraction of sp³-hybridized carbons (Fsp3) is 0.875. The molecular weight excluding hydrogens is 140 g/mol. The molecule has 0 aromatic heterocycles. The summed E-state index contributed by atoms with van der Waals surface area (Å²) in [5.74, 6) is 0. The van der Waals surface area contributed by atoms with Crippen molar-refractivity contribution in [3.8, 4) is 0 Å². The molecule has 0 saturated carbocycles. The minimum atomic E-state index is 0.138. The molecule has 0 aromatic rings. The van der Waals surface area contributed by atoms with Gasteiger partial charge in [0.2, 0.25) is 6.41 Å². The standard InChI is InChI=1S/C8H16N2O/c1-8(9-2)4-3-5-10(6-8)7-11/h7,9H,3-6H2,1-2H3. The second-order valence-corrected chi connectivity index (χ2v) is 3.49. The molecule has 0 bridgehead atoms. The summed E-state index contributed by atoms with van der Waals surface area (Å²) in [5, 5.41) is 3.24. The molecule has 1 fully saturated rings. The quantitative estimate of drug-likeness (QED) is 0.580. The van der Waals surface area contributed by atoms with E-state index in [1.807, 2.05) is 11.9 Å². The third-order valence-electron chi connectivity index (χ3n) is 2.48. The molecule has 1 heterocycles. The van der Waals surface area contributed by atoms with E-state index in [9.17, 15) is 4.79 Å². The lowest BCUT2D eigenvalue weighted by Crippen LogP contribution is -2.53. The molecule has 1 atom stereocenters. The number of carbonyl (C=O) groups is 1. The number of hydrogen-bond acceptors (Lipinski definition) is 2. The Labute approximate surface area is 67.8 Å². The summed E-state index contributed by atoms with van der Waals surface area (Å²) >= 11 is 0. The zero-order valence-electron chi connectivity index (χ0n) is 7.26. The van der Waals surface area contributed by atoms with E-state index in [4.69, 9.17) is 0 Å². The molecule has 0 spiro atoms. The first-order valence-corrected chi connectivity index (χ1v) is 4.08. The summed E-state index contributed by atoms with van der Waals surface area (Å²) in [7, 11) is 1.95. The highest BCUT2D eigenvalue weighted by molar-refractivity contribution is 5.47. The maximum Gasteiger partial charge on any atom is 0.209 e. The third kappa shape index (κ3) is 1.93. The molecule has 1 amide bonds. The van der Waals surface area contributed by atoms with Gasteiger partial charge in [-0.1, -0.05) is 0 Å². The Bertz CT molecular complexity index is 149. The molecule has 1 rings (SSSR count). The van der Waals surface area contributed by atoms with Crippen LogP contribution in [0.25, 0.3) is 0 Å². The minimum Gasteiger partial charge on any atom is -0.343 e. The van der Waals surface area contributed by atoms with Crippen molar-refractivity contribution < 1.29 is 4.79 Å².